The molecular weight excluding hydrogens is 234 g/mol. The summed E-state index contributed by atoms with van der Waals surface area (Å²) in [5.74, 6) is 0.0622. The van der Waals surface area contributed by atoms with Gasteiger partial charge in [-0.05, 0) is 24.3 Å². The molecule has 1 aromatic rings. The summed E-state index contributed by atoms with van der Waals surface area (Å²) < 4.78 is 33.3. The predicted octanol–water partition coefficient (Wildman–Crippen LogP) is 0.421. The molecule has 1 aromatic carbocycles. The van der Waals surface area contributed by atoms with Gasteiger partial charge in [0.15, 0.2) is 0 Å². The third-order valence-electron chi connectivity index (χ3n) is 1.78. The van der Waals surface area contributed by atoms with Gasteiger partial charge < -0.3 is 5.73 Å². The van der Waals surface area contributed by atoms with Crippen molar-refractivity contribution < 1.29 is 12.6 Å². The van der Waals surface area contributed by atoms with Gasteiger partial charge in [0.25, 0.3) is 0 Å². The van der Waals surface area contributed by atoms with Crippen LogP contribution in [0.1, 0.15) is 0 Å². The number of sulfone groups is 1. The van der Waals surface area contributed by atoms with E-state index >= 15 is 0 Å². The van der Waals surface area contributed by atoms with Gasteiger partial charge in [-0.3, -0.25) is 4.21 Å². The first-order valence-corrected chi connectivity index (χ1v) is 7.68. The van der Waals surface area contributed by atoms with Gasteiger partial charge in [0, 0.05) is 22.6 Å². The first-order valence-electron chi connectivity index (χ1n) is 4.30. The second-order valence-corrected chi connectivity index (χ2v) is 7.08. The number of hydrogen-bond donors (Lipinski definition) is 1. The highest BCUT2D eigenvalue weighted by Crippen LogP contribution is 2.10. The fourth-order valence-electron chi connectivity index (χ4n) is 0.965. The van der Waals surface area contributed by atoms with E-state index in [0.29, 0.717) is 10.6 Å². The Labute approximate surface area is 91.9 Å². The average Bonchev–Trinajstić information content (AvgIpc) is 2.14. The fourth-order valence-corrected chi connectivity index (χ4v) is 3.46. The second kappa shape index (κ2) is 4.76. The zero-order valence-electron chi connectivity index (χ0n) is 8.34. The first-order chi connectivity index (χ1) is 6.88. The Balaban J connectivity index is 2.66. The summed E-state index contributed by atoms with van der Waals surface area (Å²) in [6, 6.07) is 6.59. The lowest BCUT2D eigenvalue weighted by Gasteiger charge is -2.01. The lowest BCUT2D eigenvalue weighted by atomic mass is 10.3. The van der Waals surface area contributed by atoms with Crippen LogP contribution in [0.4, 0.5) is 5.69 Å². The zero-order chi connectivity index (χ0) is 11.5. The minimum atomic E-state index is -3.05. The van der Waals surface area contributed by atoms with Crippen LogP contribution < -0.4 is 5.73 Å². The van der Waals surface area contributed by atoms with Crippen molar-refractivity contribution in [1.29, 1.82) is 0 Å². The standard InChI is InChI=1S/C9H13NO3S2/c1-15(12,13)7-6-14(11)9-4-2-8(10)3-5-9/h2-5H,6-7,10H2,1H3. The van der Waals surface area contributed by atoms with Crippen LogP contribution in [-0.4, -0.2) is 30.4 Å². The number of anilines is 1. The van der Waals surface area contributed by atoms with Gasteiger partial charge in [-0.1, -0.05) is 0 Å². The van der Waals surface area contributed by atoms with Gasteiger partial charge in [-0.2, -0.15) is 0 Å². The molecule has 0 aliphatic rings. The Morgan fingerprint density at radius 1 is 1.27 bits per heavy atom. The van der Waals surface area contributed by atoms with Crippen molar-refractivity contribution in [3.05, 3.63) is 24.3 Å². The Bertz CT molecular complexity index is 451. The van der Waals surface area contributed by atoms with E-state index < -0.39 is 20.6 Å². The molecule has 0 spiro atoms. The number of hydrogen-bond acceptors (Lipinski definition) is 4. The summed E-state index contributed by atoms with van der Waals surface area (Å²) in [6.07, 6.45) is 1.13. The molecule has 0 heterocycles. The summed E-state index contributed by atoms with van der Waals surface area (Å²) >= 11 is 0. The normalized spacial score (nSPS) is 13.7. The van der Waals surface area contributed by atoms with Crippen molar-refractivity contribution in [2.75, 3.05) is 23.5 Å². The van der Waals surface area contributed by atoms with E-state index in [0.717, 1.165) is 6.26 Å². The highest BCUT2D eigenvalue weighted by Gasteiger charge is 2.08. The molecule has 1 unspecified atom stereocenters. The van der Waals surface area contributed by atoms with Gasteiger partial charge in [0.2, 0.25) is 0 Å². The average molecular weight is 247 g/mol. The van der Waals surface area contributed by atoms with Crippen molar-refractivity contribution in [2.45, 2.75) is 4.90 Å². The van der Waals surface area contributed by atoms with E-state index in [4.69, 9.17) is 5.73 Å². The van der Waals surface area contributed by atoms with E-state index in [1.54, 1.807) is 24.3 Å². The number of benzene rings is 1. The van der Waals surface area contributed by atoms with Crippen molar-refractivity contribution in [2.24, 2.45) is 0 Å². The highest BCUT2D eigenvalue weighted by atomic mass is 32.2. The summed E-state index contributed by atoms with van der Waals surface area (Å²) in [4.78, 5) is 0.604. The van der Waals surface area contributed by atoms with E-state index in [2.05, 4.69) is 0 Å². The molecule has 84 valence electrons. The maximum Gasteiger partial charge on any atom is 0.148 e. The minimum absolute atomic E-state index is 0.0655. The second-order valence-electron chi connectivity index (χ2n) is 3.25. The molecule has 0 saturated heterocycles. The van der Waals surface area contributed by atoms with Crippen LogP contribution >= 0.6 is 0 Å². The molecular formula is C9H13NO3S2. The molecule has 1 atom stereocenters. The van der Waals surface area contributed by atoms with E-state index in [-0.39, 0.29) is 11.5 Å². The number of nitrogen functional groups attached to an aromatic ring is 1. The zero-order valence-corrected chi connectivity index (χ0v) is 9.98. The van der Waals surface area contributed by atoms with Crippen molar-refractivity contribution in [1.82, 2.24) is 0 Å². The number of rotatable bonds is 4. The molecule has 1 rings (SSSR count). The molecule has 0 radical (unpaired) electrons. The van der Waals surface area contributed by atoms with E-state index in [9.17, 15) is 12.6 Å². The summed E-state index contributed by atoms with van der Waals surface area (Å²) in [5.41, 5.74) is 6.07. The highest BCUT2D eigenvalue weighted by molar-refractivity contribution is 7.92. The maximum atomic E-state index is 11.6. The molecule has 15 heavy (non-hydrogen) atoms. The third-order valence-corrected chi connectivity index (χ3v) is 4.36. The van der Waals surface area contributed by atoms with Gasteiger partial charge >= 0.3 is 0 Å². The van der Waals surface area contributed by atoms with Crippen LogP contribution in [0.15, 0.2) is 29.2 Å². The van der Waals surface area contributed by atoms with Crippen molar-refractivity contribution >= 4 is 26.3 Å². The van der Waals surface area contributed by atoms with Crippen LogP contribution in [0.25, 0.3) is 0 Å². The van der Waals surface area contributed by atoms with Crippen LogP contribution in [-0.2, 0) is 20.6 Å². The Kier molecular flexibility index (Phi) is 3.87. The quantitative estimate of drug-likeness (QED) is 0.782. The van der Waals surface area contributed by atoms with Crippen LogP contribution in [0.5, 0.6) is 0 Å². The predicted molar refractivity (Wildman–Crippen MR) is 61.8 cm³/mol. The van der Waals surface area contributed by atoms with Crippen molar-refractivity contribution in [3.8, 4) is 0 Å². The molecule has 0 aliphatic heterocycles. The lowest BCUT2D eigenvalue weighted by Crippen LogP contribution is -2.11. The van der Waals surface area contributed by atoms with Crippen LogP contribution in [0.2, 0.25) is 0 Å². The first kappa shape index (κ1) is 12.2. The summed E-state index contributed by atoms with van der Waals surface area (Å²) in [6.45, 7) is 0. The van der Waals surface area contributed by atoms with Gasteiger partial charge in [-0.25, -0.2) is 8.42 Å². The van der Waals surface area contributed by atoms with Gasteiger partial charge in [0.1, 0.15) is 9.84 Å². The monoisotopic (exact) mass is 247 g/mol. The lowest BCUT2D eigenvalue weighted by molar-refractivity contribution is 0.602. The van der Waals surface area contributed by atoms with Crippen LogP contribution in [0, 0.1) is 0 Å². The Morgan fingerprint density at radius 3 is 2.27 bits per heavy atom. The van der Waals surface area contributed by atoms with Gasteiger partial charge in [-0.15, -0.1) is 0 Å². The largest absolute Gasteiger partial charge is 0.399 e. The SMILES string of the molecule is CS(=O)(=O)CCS(=O)c1ccc(N)cc1. The Morgan fingerprint density at radius 2 is 1.80 bits per heavy atom. The molecule has 0 aliphatic carbocycles. The topological polar surface area (TPSA) is 77.2 Å². The summed E-state index contributed by atoms with van der Waals surface area (Å²) in [5, 5.41) is 0. The summed E-state index contributed by atoms with van der Waals surface area (Å²) in [7, 11) is -4.33. The molecule has 0 saturated carbocycles. The molecule has 0 aromatic heterocycles. The molecule has 0 fully saturated rings. The fraction of sp³-hybridized carbons (Fsp3) is 0.333. The number of nitrogens with two attached hydrogens (primary N) is 1. The molecule has 4 nitrogen and oxygen atoms in total. The third kappa shape index (κ3) is 4.44. The smallest absolute Gasteiger partial charge is 0.148 e. The van der Waals surface area contributed by atoms with Crippen molar-refractivity contribution in [3.63, 3.8) is 0 Å². The maximum absolute atomic E-state index is 11.6. The molecule has 0 bridgehead atoms. The van der Waals surface area contributed by atoms with E-state index in [1.165, 1.54) is 0 Å². The molecule has 2 N–H and O–H groups in total. The molecule has 6 heteroatoms. The van der Waals surface area contributed by atoms with E-state index in [1.807, 2.05) is 0 Å². The van der Waals surface area contributed by atoms with Crippen LogP contribution in [0.3, 0.4) is 0 Å². The Hall–Kier alpha value is -0.880. The molecule has 0 amide bonds. The minimum Gasteiger partial charge on any atom is -0.399 e. The van der Waals surface area contributed by atoms with Gasteiger partial charge in [0.05, 0.1) is 16.6 Å².